The van der Waals surface area contributed by atoms with Crippen molar-refractivity contribution in [2.24, 2.45) is 5.92 Å². The molecule has 0 fully saturated rings. The number of thioether (sulfide) groups is 1. The Balaban J connectivity index is 2.10. The fraction of sp³-hybridized carbons (Fsp3) is 0.588. The predicted molar refractivity (Wildman–Crippen MR) is 84.7 cm³/mol. The number of carbonyl (C=O) groups excluding carboxylic acids is 1. The van der Waals surface area contributed by atoms with Gasteiger partial charge in [-0.05, 0) is 18.6 Å². The number of unbranched alkanes of at least 4 members (excludes halogenated alkanes) is 5. The van der Waals surface area contributed by atoms with E-state index in [1.807, 2.05) is 18.2 Å². The predicted octanol–water partition coefficient (Wildman–Crippen LogP) is 5.34. The number of carbonyl (C=O) groups is 1. The molecule has 0 aliphatic carbocycles. The summed E-state index contributed by atoms with van der Waals surface area (Å²) in [5.41, 5.74) is 0. The van der Waals surface area contributed by atoms with E-state index in [1.165, 1.54) is 43.4 Å². The molecule has 1 nitrogen and oxygen atoms in total. The Labute approximate surface area is 122 Å². The molecule has 106 valence electrons. The van der Waals surface area contributed by atoms with Gasteiger partial charge in [0.2, 0.25) is 0 Å². The van der Waals surface area contributed by atoms with Gasteiger partial charge in [0.1, 0.15) is 6.29 Å². The van der Waals surface area contributed by atoms with E-state index in [1.54, 1.807) is 11.8 Å². The molecule has 2 heteroatoms. The largest absolute Gasteiger partial charge is 0.303 e. The van der Waals surface area contributed by atoms with Crippen molar-refractivity contribution in [3.05, 3.63) is 30.3 Å². The minimum atomic E-state index is 0.219. The maximum absolute atomic E-state index is 11.1. The third kappa shape index (κ3) is 8.10. The van der Waals surface area contributed by atoms with E-state index >= 15 is 0 Å². The topological polar surface area (TPSA) is 17.1 Å². The van der Waals surface area contributed by atoms with Gasteiger partial charge in [-0.15, -0.1) is 11.8 Å². The second-order valence-corrected chi connectivity index (χ2v) is 6.17. The summed E-state index contributed by atoms with van der Waals surface area (Å²) < 4.78 is 0. The number of aldehydes is 1. The molecule has 0 saturated heterocycles. The zero-order valence-corrected chi connectivity index (χ0v) is 12.8. The molecule has 0 aliphatic heterocycles. The minimum Gasteiger partial charge on any atom is -0.303 e. The average Bonchev–Trinajstić information content (AvgIpc) is 2.47. The fourth-order valence-electron chi connectivity index (χ4n) is 2.10. The van der Waals surface area contributed by atoms with Gasteiger partial charge in [-0.3, -0.25) is 0 Å². The molecule has 0 heterocycles. The Kier molecular flexibility index (Phi) is 9.52. The summed E-state index contributed by atoms with van der Waals surface area (Å²) in [6.45, 7) is 2.24. The molecule has 0 saturated carbocycles. The lowest BCUT2D eigenvalue weighted by Crippen LogP contribution is -2.05. The molecule has 1 aromatic carbocycles. The normalized spacial score (nSPS) is 12.3. The summed E-state index contributed by atoms with van der Waals surface area (Å²) in [7, 11) is 0. The summed E-state index contributed by atoms with van der Waals surface area (Å²) in [5.74, 6) is 1.14. The van der Waals surface area contributed by atoms with Gasteiger partial charge >= 0.3 is 0 Å². The van der Waals surface area contributed by atoms with Crippen LogP contribution in [0.5, 0.6) is 0 Å². The van der Waals surface area contributed by atoms with Gasteiger partial charge < -0.3 is 4.79 Å². The van der Waals surface area contributed by atoms with Gasteiger partial charge in [-0.25, -0.2) is 0 Å². The molecule has 1 atom stereocenters. The van der Waals surface area contributed by atoms with E-state index in [9.17, 15) is 4.79 Å². The van der Waals surface area contributed by atoms with Gasteiger partial charge in [-0.2, -0.15) is 0 Å². The van der Waals surface area contributed by atoms with Gasteiger partial charge in [0.05, 0.1) is 0 Å². The van der Waals surface area contributed by atoms with Crippen molar-refractivity contribution < 1.29 is 4.79 Å². The van der Waals surface area contributed by atoms with Crippen LogP contribution in [0.4, 0.5) is 0 Å². The molecule has 1 aromatic rings. The van der Waals surface area contributed by atoms with E-state index < -0.39 is 0 Å². The Morgan fingerprint density at radius 2 is 1.74 bits per heavy atom. The molecule has 0 N–H and O–H groups in total. The minimum absolute atomic E-state index is 0.219. The number of benzene rings is 1. The Morgan fingerprint density at radius 1 is 1.05 bits per heavy atom. The summed E-state index contributed by atoms with van der Waals surface area (Å²) in [5, 5.41) is 0. The van der Waals surface area contributed by atoms with Crippen LogP contribution in [0.15, 0.2) is 35.2 Å². The Morgan fingerprint density at radius 3 is 2.42 bits per heavy atom. The van der Waals surface area contributed by atoms with E-state index in [2.05, 4.69) is 19.1 Å². The zero-order chi connectivity index (χ0) is 13.8. The van der Waals surface area contributed by atoms with Crippen LogP contribution in [-0.4, -0.2) is 12.0 Å². The van der Waals surface area contributed by atoms with Crippen LogP contribution in [-0.2, 0) is 4.79 Å². The SMILES string of the molecule is CCCCCCCCC(C=O)CSc1ccccc1. The summed E-state index contributed by atoms with van der Waals surface area (Å²) in [4.78, 5) is 12.3. The molecular weight excluding hydrogens is 252 g/mol. The molecule has 1 rings (SSSR count). The lowest BCUT2D eigenvalue weighted by molar-refractivity contribution is -0.110. The average molecular weight is 278 g/mol. The highest BCUT2D eigenvalue weighted by molar-refractivity contribution is 7.99. The van der Waals surface area contributed by atoms with E-state index in [0.717, 1.165) is 18.5 Å². The molecule has 0 radical (unpaired) electrons. The van der Waals surface area contributed by atoms with Crippen molar-refractivity contribution in [3.63, 3.8) is 0 Å². The molecule has 0 aliphatic rings. The third-order valence-electron chi connectivity index (χ3n) is 3.33. The smallest absolute Gasteiger partial charge is 0.123 e. The summed E-state index contributed by atoms with van der Waals surface area (Å²) >= 11 is 1.79. The van der Waals surface area contributed by atoms with E-state index in [-0.39, 0.29) is 5.92 Å². The Hall–Kier alpha value is -0.760. The van der Waals surface area contributed by atoms with Gasteiger partial charge in [0, 0.05) is 16.6 Å². The highest BCUT2D eigenvalue weighted by Gasteiger charge is 2.07. The van der Waals surface area contributed by atoms with Crippen LogP contribution in [0.2, 0.25) is 0 Å². The van der Waals surface area contributed by atoms with Crippen molar-refractivity contribution in [1.29, 1.82) is 0 Å². The first-order valence-electron chi connectivity index (χ1n) is 7.50. The number of hydrogen-bond acceptors (Lipinski definition) is 2. The second-order valence-electron chi connectivity index (χ2n) is 5.08. The number of hydrogen-bond donors (Lipinski definition) is 0. The zero-order valence-electron chi connectivity index (χ0n) is 12.0. The molecule has 19 heavy (non-hydrogen) atoms. The summed E-state index contributed by atoms with van der Waals surface area (Å²) in [6, 6.07) is 10.3. The summed E-state index contributed by atoms with van der Waals surface area (Å²) in [6.07, 6.45) is 9.98. The molecule has 0 amide bonds. The highest BCUT2D eigenvalue weighted by Crippen LogP contribution is 2.22. The van der Waals surface area contributed by atoms with Crippen molar-refractivity contribution in [1.82, 2.24) is 0 Å². The van der Waals surface area contributed by atoms with Crippen LogP contribution in [0.1, 0.15) is 51.9 Å². The maximum atomic E-state index is 11.1. The Bertz CT molecular complexity index is 323. The first-order valence-corrected chi connectivity index (χ1v) is 8.48. The first-order chi connectivity index (χ1) is 9.36. The van der Waals surface area contributed by atoms with Gasteiger partial charge in [-0.1, -0.05) is 63.6 Å². The second kappa shape index (κ2) is 11.1. The maximum Gasteiger partial charge on any atom is 0.123 e. The fourth-order valence-corrected chi connectivity index (χ4v) is 3.10. The van der Waals surface area contributed by atoms with Crippen molar-refractivity contribution in [3.8, 4) is 0 Å². The van der Waals surface area contributed by atoms with Crippen LogP contribution in [0.3, 0.4) is 0 Å². The van der Waals surface area contributed by atoms with Crippen LogP contribution < -0.4 is 0 Å². The quantitative estimate of drug-likeness (QED) is 0.308. The lowest BCUT2D eigenvalue weighted by atomic mass is 10.0. The van der Waals surface area contributed by atoms with Crippen LogP contribution >= 0.6 is 11.8 Å². The molecule has 0 aromatic heterocycles. The molecule has 0 bridgehead atoms. The first kappa shape index (κ1) is 16.3. The molecule has 0 spiro atoms. The third-order valence-corrected chi connectivity index (χ3v) is 4.53. The van der Waals surface area contributed by atoms with E-state index in [0.29, 0.717) is 0 Å². The van der Waals surface area contributed by atoms with Crippen molar-refractivity contribution >= 4 is 18.0 Å². The van der Waals surface area contributed by atoms with Crippen LogP contribution in [0, 0.1) is 5.92 Å². The number of rotatable bonds is 11. The monoisotopic (exact) mass is 278 g/mol. The van der Waals surface area contributed by atoms with Gasteiger partial charge in [0.15, 0.2) is 0 Å². The van der Waals surface area contributed by atoms with Crippen LogP contribution in [0.25, 0.3) is 0 Å². The van der Waals surface area contributed by atoms with E-state index in [4.69, 9.17) is 0 Å². The van der Waals surface area contributed by atoms with Crippen molar-refractivity contribution in [2.75, 3.05) is 5.75 Å². The standard InChI is InChI=1S/C17H26OS/c1-2-3-4-5-6-8-11-16(14-18)15-19-17-12-9-7-10-13-17/h7,9-10,12-14,16H,2-6,8,11,15H2,1H3. The van der Waals surface area contributed by atoms with Gasteiger partial charge in [0.25, 0.3) is 0 Å². The molecule has 1 unspecified atom stereocenters. The molecular formula is C17H26OS. The van der Waals surface area contributed by atoms with Crippen molar-refractivity contribution in [2.45, 2.75) is 56.8 Å². The highest BCUT2D eigenvalue weighted by atomic mass is 32.2. The lowest BCUT2D eigenvalue weighted by Gasteiger charge is -2.09.